The van der Waals surface area contributed by atoms with Crippen LogP contribution in [0.15, 0.2) is 23.8 Å². The van der Waals surface area contributed by atoms with Crippen LogP contribution in [0.3, 0.4) is 0 Å². The molecule has 0 spiro atoms. The highest BCUT2D eigenvalue weighted by Gasteiger charge is 2.64. The van der Waals surface area contributed by atoms with Crippen LogP contribution in [0, 0.1) is 0 Å². The molecule has 7 N–H and O–H groups in total. The van der Waals surface area contributed by atoms with Gasteiger partial charge in [0.15, 0.2) is 34.5 Å². The highest BCUT2D eigenvalue weighted by Crippen LogP contribution is 2.57. The Morgan fingerprint density at radius 1 is 1.26 bits per heavy atom. The first-order chi connectivity index (χ1) is 21.9. The molecule has 0 aromatic carbocycles. The van der Waals surface area contributed by atoms with E-state index in [0.29, 0.717) is 11.2 Å². The second kappa shape index (κ2) is 11.9. The smallest absolute Gasteiger partial charge is 0.395 e. The molecular formula is C21H24FN10O9P2S3+. The maximum absolute atomic E-state index is 15.7. The van der Waals surface area contributed by atoms with Crippen molar-refractivity contribution in [1.82, 2.24) is 39.0 Å². The number of ether oxygens (including phenoxy) is 2. The molecule has 2 bridgehead atoms. The lowest BCUT2D eigenvalue weighted by Gasteiger charge is -2.35. The minimum atomic E-state index is -4.30. The molecule has 3 aliphatic heterocycles. The van der Waals surface area contributed by atoms with Crippen LogP contribution >= 0.6 is 38.0 Å². The number of anilines is 2. The summed E-state index contributed by atoms with van der Waals surface area (Å²) in [6.07, 6.45) is -2.01. The molecule has 19 nitrogen and oxygen atoms in total. The van der Waals surface area contributed by atoms with E-state index in [-0.39, 0.29) is 29.4 Å². The van der Waals surface area contributed by atoms with Gasteiger partial charge in [-0.15, -0.1) is 16.3 Å². The van der Waals surface area contributed by atoms with Crippen LogP contribution in [0.1, 0.15) is 18.0 Å². The van der Waals surface area contributed by atoms with Crippen LogP contribution in [0.25, 0.3) is 22.3 Å². The molecule has 3 unspecified atom stereocenters. The third-order valence-electron chi connectivity index (χ3n) is 7.69. The number of rotatable bonds is 10. The van der Waals surface area contributed by atoms with E-state index in [1.807, 2.05) is 0 Å². The second-order valence-electron chi connectivity index (χ2n) is 10.5. The SMILES string of the molecule is Nc1nc2c(ncn2[C@@H]2S[C@H](CO)[C@H](F)[C@H]2OP(O)(=S)OC[C@@]23C[C@@H](OC2O[P+](=O)S)[C@H](n2cnc4c(N)ncnc42)O3)c(=O)[nH]1. The number of nitrogens with zero attached hydrogens (tertiary/aromatic N) is 7. The molecule has 4 aromatic rings. The zero-order chi connectivity index (χ0) is 32.5. The zero-order valence-corrected chi connectivity index (χ0v) is 27.3. The number of aromatic amines is 1. The first-order valence-corrected chi connectivity index (χ1v) is 19.1. The minimum absolute atomic E-state index is 0.0312. The number of imidazole rings is 2. The van der Waals surface area contributed by atoms with E-state index in [2.05, 4.69) is 42.2 Å². The summed E-state index contributed by atoms with van der Waals surface area (Å²) in [6.45, 7) is -5.36. The fourth-order valence-corrected chi connectivity index (χ4v) is 9.27. The van der Waals surface area contributed by atoms with Gasteiger partial charge < -0.3 is 35.5 Å². The number of thiol groups is 1. The van der Waals surface area contributed by atoms with E-state index >= 15 is 4.39 Å². The molecule has 0 aliphatic carbocycles. The number of aliphatic hydroxyl groups excluding tert-OH is 1. The number of hydrogen-bond acceptors (Lipinski definition) is 17. The van der Waals surface area contributed by atoms with Crippen molar-refractivity contribution in [3.05, 3.63) is 29.3 Å². The lowest BCUT2D eigenvalue weighted by atomic mass is 10.0. The molecule has 246 valence electrons. The van der Waals surface area contributed by atoms with Crippen LogP contribution in [-0.4, -0.2) is 97.8 Å². The Labute approximate surface area is 271 Å². The van der Waals surface area contributed by atoms with Crippen LogP contribution < -0.4 is 17.0 Å². The quantitative estimate of drug-likeness (QED) is 0.0965. The summed E-state index contributed by atoms with van der Waals surface area (Å²) in [6, 6.07) is 0. The number of H-pyrrole nitrogens is 1. The number of thioether (sulfide) groups is 1. The van der Waals surface area contributed by atoms with Gasteiger partial charge in [0.2, 0.25) is 12.2 Å². The van der Waals surface area contributed by atoms with Gasteiger partial charge in [-0.1, -0.05) is 0 Å². The topological polar surface area (TPSA) is 263 Å². The first kappa shape index (κ1) is 32.2. The summed E-state index contributed by atoms with van der Waals surface area (Å²) in [5.74, 6) is -0.0404. The Hall–Kier alpha value is -2.40. The summed E-state index contributed by atoms with van der Waals surface area (Å²) in [7, 11) is -2.46. The van der Waals surface area contributed by atoms with E-state index in [1.54, 1.807) is 4.57 Å². The van der Waals surface area contributed by atoms with Crippen LogP contribution in [-0.2, 0) is 39.4 Å². The van der Waals surface area contributed by atoms with Gasteiger partial charge in [0.05, 0.1) is 31.1 Å². The second-order valence-corrected chi connectivity index (χ2v) is 16.3. The number of aliphatic hydroxyl groups is 1. The number of halogens is 1. The number of nitrogens with one attached hydrogen (secondary N) is 1. The summed E-state index contributed by atoms with van der Waals surface area (Å²) >= 11 is 10.1. The van der Waals surface area contributed by atoms with Gasteiger partial charge in [0.1, 0.15) is 47.8 Å². The van der Waals surface area contributed by atoms with Crippen LogP contribution in [0.2, 0.25) is 0 Å². The molecule has 3 aliphatic rings. The number of hydrogen-bond donors (Lipinski definition) is 6. The number of aromatic nitrogens is 8. The van der Waals surface area contributed by atoms with Crippen molar-refractivity contribution in [3.8, 4) is 0 Å². The predicted octanol–water partition coefficient (Wildman–Crippen LogP) is 0.673. The maximum atomic E-state index is 15.7. The number of nitrogens with two attached hydrogens (primary N) is 2. The average molecular weight is 738 g/mol. The Morgan fingerprint density at radius 2 is 2.02 bits per heavy atom. The molecule has 0 amide bonds. The van der Waals surface area contributed by atoms with Crippen molar-refractivity contribution in [2.75, 3.05) is 24.7 Å². The lowest BCUT2D eigenvalue weighted by Crippen LogP contribution is -2.47. The predicted molar refractivity (Wildman–Crippen MR) is 166 cm³/mol. The summed E-state index contributed by atoms with van der Waals surface area (Å²) in [4.78, 5) is 46.4. The van der Waals surface area contributed by atoms with E-state index in [1.165, 1.54) is 23.5 Å². The highest BCUT2D eigenvalue weighted by atomic mass is 32.7. The maximum Gasteiger partial charge on any atom is 0.585 e. The molecule has 25 heteroatoms. The molecular weight excluding hydrogens is 713 g/mol. The van der Waals surface area contributed by atoms with Gasteiger partial charge in [-0.3, -0.25) is 23.4 Å². The molecule has 7 rings (SSSR count). The summed E-state index contributed by atoms with van der Waals surface area (Å²) in [5, 5.41) is 7.85. The van der Waals surface area contributed by atoms with Crippen molar-refractivity contribution in [2.24, 2.45) is 0 Å². The van der Waals surface area contributed by atoms with Crippen LogP contribution in [0.4, 0.5) is 16.2 Å². The van der Waals surface area contributed by atoms with Crippen molar-refractivity contribution in [1.29, 1.82) is 0 Å². The molecule has 4 aromatic heterocycles. The van der Waals surface area contributed by atoms with Gasteiger partial charge in [0.25, 0.3) is 5.56 Å². The molecule has 0 saturated carbocycles. The van der Waals surface area contributed by atoms with Gasteiger partial charge in [-0.05, 0) is 16.4 Å². The van der Waals surface area contributed by atoms with E-state index < -0.39 is 79.8 Å². The fourth-order valence-electron chi connectivity index (χ4n) is 5.69. The Kier molecular flexibility index (Phi) is 8.34. The van der Waals surface area contributed by atoms with Gasteiger partial charge in [-0.2, -0.15) is 4.98 Å². The summed E-state index contributed by atoms with van der Waals surface area (Å²) in [5.41, 5.74) is 10.2. The van der Waals surface area contributed by atoms with Gasteiger partial charge in [-0.25, -0.2) is 24.3 Å². The standard InChI is InChI=1S/C21H23FN10O9P2S3/c22-9-8(2-33)46-18(32-6-28-11-15(32)29-20(24)30-16(11)34)12(9)41-43(36,45)37-3-21-1-7(38-19(21)40-42(35)44)17(39-21)31-5-27-10-13(23)25-4-26-14(10)31/h4-9,12,17-19,33H,1-3H2,(H6-,23,24,25,26,29,30,34,35,36,44,45)/p+1/t7-,8-,9+,12-,17-,18-,19?,21+,43?/m1/s1. The molecule has 3 fully saturated rings. The molecule has 10 atom stereocenters. The Balaban J connectivity index is 1.14. The molecule has 7 heterocycles. The average Bonchev–Trinajstić information content (AvgIpc) is 3.80. The fraction of sp³-hybridized carbons (Fsp3) is 0.524. The third-order valence-corrected chi connectivity index (χ3v) is 11.4. The number of fused-ring (bicyclic) bond motifs is 4. The monoisotopic (exact) mass is 737 g/mol. The molecule has 3 saturated heterocycles. The Morgan fingerprint density at radius 3 is 2.78 bits per heavy atom. The molecule has 0 radical (unpaired) electrons. The van der Waals surface area contributed by atoms with E-state index in [4.69, 9.17) is 46.3 Å². The van der Waals surface area contributed by atoms with Crippen LogP contribution in [0.5, 0.6) is 0 Å². The van der Waals surface area contributed by atoms with Crippen molar-refractivity contribution >= 4 is 83.9 Å². The lowest BCUT2D eigenvalue weighted by molar-refractivity contribution is -0.268. The van der Waals surface area contributed by atoms with Gasteiger partial charge in [0, 0.05) is 6.42 Å². The Bertz CT molecular complexity index is 1950. The highest BCUT2D eigenvalue weighted by molar-refractivity contribution is 8.39. The largest absolute Gasteiger partial charge is 0.585 e. The van der Waals surface area contributed by atoms with E-state index in [9.17, 15) is 19.4 Å². The number of alkyl halides is 1. The first-order valence-electron chi connectivity index (χ1n) is 13.3. The number of nitrogen functional groups attached to an aromatic ring is 2. The third kappa shape index (κ3) is 5.51. The van der Waals surface area contributed by atoms with Crippen molar-refractivity contribution < 1.29 is 42.0 Å². The summed E-state index contributed by atoms with van der Waals surface area (Å²) < 4.78 is 59.7. The van der Waals surface area contributed by atoms with Crippen molar-refractivity contribution in [3.63, 3.8) is 0 Å². The zero-order valence-electron chi connectivity index (χ0n) is 23.0. The van der Waals surface area contributed by atoms with Gasteiger partial charge >= 0.3 is 13.9 Å². The minimum Gasteiger partial charge on any atom is -0.395 e. The van der Waals surface area contributed by atoms with Crippen molar-refractivity contribution in [2.45, 2.75) is 53.5 Å². The molecule has 46 heavy (non-hydrogen) atoms. The normalized spacial score (nSPS) is 32.4. The van der Waals surface area contributed by atoms with E-state index in [0.717, 1.165) is 11.8 Å².